The number of benzene rings is 1. The van der Waals surface area contributed by atoms with Crippen LogP contribution < -0.4 is 10.6 Å². The predicted octanol–water partition coefficient (Wildman–Crippen LogP) is 3.42. The molecule has 0 bridgehead atoms. The van der Waals surface area contributed by atoms with Gasteiger partial charge in [0, 0.05) is 55.0 Å². The molecular weight excluding hydrogens is 416 g/mol. The molecule has 8 heteroatoms. The van der Waals surface area contributed by atoms with E-state index in [-0.39, 0.29) is 5.76 Å². The molecule has 1 amide bonds. The first-order valence-corrected chi connectivity index (χ1v) is 11.3. The zero-order valence-corrected chi connectivity index (χ0v) is 18.4. The molecule has 1 fully saturated rings. The topological polar surface area (TPSA) is 115 Å². The van der Waals surface area contributed by atoms with Crippen LogP contribution >= 0.6 is 0 Å². The summed E-state index contributed by atoms with van der Waals surface area (Å²) in [6, 6.07) is 11.8. The Balaban J connectivity index is 1.11. The summed E-state index contributed by atoms with van der Waals surface area (Å²) in [7, 11) is 0. The summed E-state index contributed by atoms with van der Waals surface area (Å²) < 4.78 is 5.48. The van der Waals surface area contributed by atoms with Crippen LogP contribution in [0.5, 0.6) is 0 Å². The van der Waals surface area contributed by atoms with Crippen molar-refractivity contribution in [2.75, 3.05) is 37.6 Å². The number of aryl methyl sites for hydroxylation is 1. The number of hydrogen-bond donors (Lipinski definition) is 2. The maximum absolute atomic E-state index is 11.3. The average Bonchev–Trinajstić information content (AvgIpc) is 3.45. The van der Waals surface area contributed by atoms with Crippen LogP contribution in [0.25, 0.3) is 22.0 Å². The molecule has 8 nitrogen and oxygen atoms in total. The number of pyridine rings is 1. The van der Waals surface area contributed by atoms with Gasteiger partial charge in [-0.25, -0.2) is 4.98 Å². The maximum atomic E-state index is 11.3. The maximum Gasteiger partial charge on any atom is 0.284 e. The summed E-state index contributed by atoms with van der Waals surface area (Å²) in [5, 5.41) is 11.1. The van der Waals surface area contributed by atoms with Crippen LogP contribution in [-0.4, -0.2) is 53.5 Å². The van der Waals surface area contributed by atoms with Gasteiger partial charge in [0.25, 0.3) is 5.91 Å². The highest BCUT2D eigenvalue weighted by Gasteiger charge is 2.18. The van der Waals surface area contributed by atoms with Crippen molar-refractivity contribution < 1.29 is 9.21 Å². The Bertz CT molecular complexity index is 1340. The highest BCUT2D eigenvalue weighted by Crippen LogP contribution is 2.26. The highest BCUT2D eigenvalue weighted by molar-refractivity contribution is 5.95. The van der Waals surface area contributed by atoms with Gasteiger partial charge in [-0.3, -0.25) is 9.69 Å². The van der Waals surface area contributed by atoms with Crippen molar-refractivity contribution in [3.63, 3.8) is 0 Å². The molecule has 4 aromatic rings. The lowest BCUT2D eigenvalue weighted by Gasteiger charge is -2.36. The zero-order valence-electron chi connectivity index (χ0n) is 18.4. The molecule has 0 saturated carbocycles. The summed E-state index contributed by atoms with van der Waals surface area (Å²) in [6.45, 7) is 5.08. The number of furan rings is 1. The SMILES string of the molecule is N#Cc1cnc2[nH]cc(CCCCN3CCN(c4ccc5oc(C(N)=O)cc5c4)CC3)c2c1. The minimum absolute atomic E-state index is 0.196. The molecule has 3 N–H and O–H groups in total. The van der Waals surface area contributed by atoms with Crippen molar-refractivity contribution in [1.82, 2.24) is 14.9 Å². The van der Waals surface area contributed by atoms with Crippen molar-refractivity contribution in [3.8, 4) is 6.07 Å². The third-order valence-electron chi connectivity index (χ3n) is 6.40. The van der Waals surface area contributed by atoms with Crippen molar-refractivity contribution in [2.24, 2.45) is 5.73 Å². The first-order chi connectivity index (χ1) is 16.1. The molecule has 4 heterocycles. The van der Waals surface area contributed by atoms with E-state index in [9.17, 15) is 4.79 Å². The number of aromatic amines is 1. The summed E-state index contributed by atoms with van der Waals surface area (Å²) in [4.78, 5) is 23.8. The van der Waals surface area contributed by atoms with Gasteiger partial charge in [-0.2, -0.15) is 5.26 Å². The summed E-state index contributed by atoms with van der Waals surface area (Å²) >= 11 is 0. The molecule has 168 valence electrons. The third kappa shape index (κ3) is 4.41. The number of fused-ring (bicyclic) bond motifs is 2. The lowest BCUT2D eigenvalue weighted by molar-refractivity contribution is 0.0976. The fourth-order valence-electron chi connectivity index (χ4n) is 4.56. The van der Waals surface area contributed by atoms with E-state index in [1.807, 2.05) is 24.4 Å². The van der Waals surface area contributed by atoms with E-state index in [1.54, 1.807) is 12.3 Å². The first-order valence-electron chi connectivity index (χ1n) is 11.3. The number of nitrogens with one attached hydrogen (secondary N) is 1. The fourth-order valence-corrected chi connectivity index (χ4v) is 4.56. The summed E-state index contributed by atoms with van der Waals surface area (Å²) in [5.41, 5.74) is 9.82. The number of primary amides is 1. The zero-order chi connectivity index (χ0) is 22.8. The van der Waals surface area contributed by atoms with Gasteiger partial charge >= 0.3 is 0 Å². The Kier molecular flexibility index (Phi) is 5.71. The smallest absolute Gasteiger partial charge is 0.284 e. The van der Waals surface area contributed by atoms with E-state index in [4.69, 9.17) is 15.4 Å². The van der Waals surface area contributed by atoms with Gasteiger partial charge < -0.3 is 20.0 Å². The number of carbonyl (C=O) groups excluding carboxylic acids is 1. The Morgan fingerprint density at radius 3 is 2.82 bits per heavy atom. The lowest BCUT2D eigenvalue weighted by atomic mass is 10.1. The summed E-state index contributed by atoms with van der Waals surface area (Å²) in [5.74, 6) is -0.351. The van der Waals surface area contributed by atoms with Gasteiger partial charge in [0.15, 0.2) is 5.76 Å². The second-order valence-corrected chi connectivity index (χ2v) is 8.53. The normalized spacial score (nSPS) is 14.7. The van der Waals surface area contributed by atoms with Gasteiger partial charge in [-0.05, 0) is 61.7 Å². The minimum Gasteiger partial charge on any atom is -0.451 e. The number of carbonyl (C=O) groups is 1. The molecule has 1 aromatic carbocycles. The van der Waals surface area contributed by atoms with Gasteiger partial charge in [0.1, 0.15) is 17.3 Å². The van der Waals surface area contributed by atoms with Crippen LogP contribution in [-0.2, 0) is 6.42 Å². The Morgan fingerprint density at radius 1 is 1.18 bits per heavy atom. The number of aromatic nitrogens is 2. The van der Waals surface area contributed by atoms with Crippen molar-refractivity contribution >= 4 is 33.6 Å². The van der Waals surface area contributed by atoms with E-state index in [0.29, 0.717) is 11.1 Å². The number of unbranched alkanes of at least 4 members (excludes halogenated alkanes) is 1. The number of H-pyrrole nitrogens is 1. The van der Waals surface area contributed by atoms with Crippen LogP contribution in [0.15, 0.2) is 47.1 Å². The molecule has 0 aliphatic carbocycles. The Morgan fingerprint density at radius 2 is 2.03 bits per heavy atom. The van der Waals surface area contributed by atoms with E-state index in [1.165, 1.54) is 5.56 Å². The molecule has 0 unspecified atom stereocenters. The number of amides is 1. The molecule has 3 aromatic heterocycles. The molecule has 33 heavy (non-hydrogen) atoms. The number of nitrogens with two attached hydrogens (primary N) is 1. The molecule has 1 saturated heterocycles. The van der Waals surface area contributed by atoms with E-state index < -0.39 is 5.91 Å². The van der Waals surface area contributed by atoms with Crippen LogP contribution in [0.1, 0.15) is 34.5 Å². The number of nitrogens with zero attached hydrogens (tertiary/aromatic N) is 4. The summed E-state index contributed by atoms with van der Waals surface area (Å²) in [6.07, 6.45) is 6.83. The Hall–Kier alpha value is -3.83. The van der Waals surface area contributed by atoms with Crippen LogP contribution in [0.2, 0.25) is 0 Å². The average molecular weight is 443 g/mol. The molecular formula is C25H26N6O2. The third-order valence-corrected chi connectivity index (χ3v) is 6.40. The number of nitriles is 1. The highest BCUT2D eigenvalue weighted by atomic mass is 16.3. The van der Waals surface area contributed by atoms with E-state index in [0.717, 1.165) is 74.1 Å². The fraction of sp³-hybridized carbons (Fsp3) is 0.320. The monoisotopic (exact) mass is 442 g/mol. The molecule has 0 atom stereocenters. The molecule has 0 spiro atoms. The van der Waals surface area contributed by atoms with Gasteiger partial charge in [-0.1, -0.05) is 0 Å². The van der Waals surface area contributed by atoms with E-state index in [2.05, 4.69) is 31.9 Å². The van der Waals surface area contributed by atoms with Crippen LogP contribution in [0, 0.1) is 11.3 Å². The predicted molar refractivity (Wildman–Crippen MR) is 127 cm³/mol. The number of hydrogen-bond acceptors (Lipinski definition) is 6. The number of anilines is 1. The Labute approximate surface area is 191 Å². The van der Waals surface area contributed by atoms with Crippen LogP contribution in [0.3, 0.4) is 0 Å². The quantitative estimate of drug-likeness (QED) is 0.424. The molecule has 0 radical (unpaired) electrons. The molecule has 5 rings (SSSR count). The van der Waals surface area contributed by atoms with E-state index >= 15 is 0 Å². The largest absolute Gasteiger partial charge is 0.451 e. The van der Waals surface area contributed by atoms with Gasteiger partial charge in [0.05, 0.1) is 5.56 Å². The second-order valence-electron chi connectivity index (χ2n) is 8.53. The van der Waals surface area contributed by atoms with Crippen LogP contribution in [0.4, 0.5) is 5.69 Å². The second kappa shape index (κ2) is 8.96. The van der Waals surface area contributed by atoms with Crippen molar-refractivity contribution in [1.29, 1.82) is 5.26 Å². The van der Waals surface area contributed by atoms with Gasteiger partial charge in [0.2, 0.25) is 0 Å². The first kappa shape index (κ1) is 21.0. The minimum atomic E-state index is -0.547. The molecule has 1 aliphatic rings. The van der Waals surface area contributed by atoms with Crippen molar-refractivity contribution in [2.45, 2.75) is 19.3 Å². The van der Waals surface area contributed by atoms with Crippen molar-refractivity contribution in [3.05, 3.63) is 59.6 Å². The van der Waals surface area contributed by atoms with Gasteiger partial charge in [-0.15, -0.1) is 0 Å². The lowest BCUT2D eigenvalue weighted by Crippen LogP contribution is -2.46. The standard InChI is InChI=1S/C25H26N6O2/c26-14-17-11-21-18(16-29-25(21)28-15-17)3-1-2-6-30-7-9-31(10-8-30)20-4-5-22-19(12-20)13-23(33-22)24(27)32/h4-5,11-13,15-16H,1-3,6-10H2,(H2,27,32)(H,28,29). The number of piperazine rings is 1. The number of rotatable bonds is 7. The molecule has 1 aliphatic heterocycles.